The molecule has 19 heavy (non-hydrogen) atoms. The van der Waals surface area contributed by atoms with E-state index in [0.717, 1.165) is 19.3 Å². The van der Waals surface area contributed by atoms with Crippen LogP contribution >= 0.6 is 0 Å². The highest BCUT2D eigenvalue weighted by atomic mass is 16.4. The summed E-state index contributed by atoms with van der Waals surface area (Å²) in [6, 6.07) is 9.19. The lowest BCUT2D eigenvalue weighted by atomic mass is 10.0. The van der Waals surface area contributed by atoms with Gasteiger partial charge in [0.05, 0.1) is 6.42 Å². The van der Waals surface area contributed by atoms with Crippen LogP contribution in [0.15, 0.2) is 24.3 Å². The van der Waals surface area contributed by atoms with E-state index in [9.17, 15) is 4.79 Å². The Morgan fingerprint density at radius 2 is 1.95 bits per heavy atom. The number of hydrogen-bond acceptors (Lipinski definition) is 2. The average molecular weight is 261 g/mol. The molecule has 104 valence electrons. The van der Waals surface area contributed by atoms with Crippen LogP contribution in [-0.4, -0.2) is 23.2 Å². The van der Waals surface area contributed by atoms with Gasteiger partial charge < -0.3 is 10.4 Å². The van der Waals surface area contributed by atoms with Crippen molar-refractivity contribution in [2.75, 3.05) is 0 Å². The van der Waals surface area contributed by atoms with Gasteiger partial charge in [0.25, 0.3) is 0 Å². The first kappa shape index (κ1) is 14.1. The molecular formula is C16H23NO2. The van der Waals surface area contributed by atoms with E-state index in [-0.39, 0.29) is 12.5 Å². The fraction of sp³-hybridized carbons (Fsp3) is 0.562. The molecule has 2 rings (SSSR count). The van der Waals surface area contributed by atoms with Crippen LogP contribution in [-0.2, 0) is 17.6 Å². The smallest absolute Gasteiger partial charge is 0.304 e. The van der Waals surface area contributed by atoms with Crippen molar-refractivity contribution in [1.29, 1.82) is 0 Å². The van der Waals surface area contributed by atoms with Gasteiger partial charge in [-0.3, -0.25) is 4.79 Å². The predicted octanol–water partition coefficient (Wildman–Crippen LogP) is 2.78. The van der Waals surface area contributed by atoms with E-state index in [2.05, 4.69) is 36.5 Å². The Bertz CT molecular complexity index is 409. The lowest BCUT2D eigenvalue weighted by Gasteiger charge is -2.16. The van der Waals surface area contributed by atoms with Crippen LogP contribution in [0.2, 0.25) is 0 Å². The second-order valence-electron chi connectivity index (χ2n) is 5.51. The van der Waals surface area contributed by atoms with Gasteiger partial charge in [0.15, 0.2) is 0 Å². The summed E-state index contributed by atoms with van der Waals surface area (Å²) in [6.07, 6.45) is 5.64. The van der Waals surface area contributed by atoms with Crippen molar-refractivity contribution in [1.82, 2.24) is 5.32 Å². The summed E-state index contributed by atoms with van der Waals surface area (Å²) in [6.45, 7) is 2.18. The van der Waals surface area contributed by atoms with Gasteiger partial charge in [0, 0.05) is 12.1 Å². The van der Waals surface area contributed by atoms with Gasteiger partial charge in [-0.05, 0) is 36.8 Å². The Labute approximate surface area is 115 Å². The molecule has 0 spiro atoms. The molecule has 1 unspecified atom stereocenters. The van der Waals surface area contributed by atoms with E-state index >= 15 is 0 Å². The first-order chi connectivity index (χ1) is 9.17. The van der Waals surface area contributed by atoms with E-state index in [1.165, 1.54) is 24.0 Å². The maximum Gasteiger partial charge on any atom is 0.304 e. The summed E-state index contributed by atoms with van der Waals surface area (Å²) in [7, 11) is 0. The number of benzene rings is 1. The molecule has 1 aliphatic carbocycles. The van der Waals surface area contributed by atoms with Gasteiger partial charge in [-0.2, -0.15) is 0 Å². The van der Waals surface area contributed by atoms with Crippen molar-refractivity contribution in [2.24, 2.45) is 0 Å². The number of carbonyl (C=O) groups is 1. The van der Waals surface area contributed by atoms with E-state index in [4.69, 9.17) is 5.11 Å². The van der Waals surface area contributed by atoms with Crippen LogP contribution in [0.25, 0.3) is 0 Å². The van der Waals surface area contributed by atoms with Crippen molar-refractivity contribution in [3.05, 3.63) is 35.4 Å². The van der Waals surface area contributed by atoms with Gasteiger partial charge >= 0.3 is 5.97 Å². The number of nitrogens with one attached hydrogen (secondary N) is 1. The minimum atomic E-state index is -0.722. The molecular weight excluding hydrogens is 238 g/mol. The largest absolute Gasteiger partial charge is 0.481 e. The standard InChI is InChI=1S/C16H23NO2/c1-2-3-12-4-6-13(7-5-12)10-15(11-16(18)19)17-14-8-9-14/h4-7,14-15,17H,2-3,8-11H2,1H3,(H,18,19). The Hall–Kier alpha value is -1.35. The normalized spacial score (nSPS) is 16.3. The second kappa shape index (κ2) is 6.71. The highest BCUT2D eigenvalue weighted by Crippen LogP contribution is 2.21. The van der Waals surface area contributed by atoms with Gasteiger partial charge in [-0.15, -0.1) is 0 Å². The molecule has 2 N–H and O–H groups in total. The predicted molar refractivity (Wildman–Crippen MR) is 76.3 cm³/mol. The zero-order chi connectivity index (χ0) is 13.7. The summed E-state index contributed by atoms with van der Waals surface area (Å²) >= 11 is 0. The summed E-state index contributed by atoms with van der Waals surface area (Å²) in [5.74, 6) is -0.722. The number of carboxylic acids is 1. The number of hydrogen-bond donors (Lipinski definition) is 2. The number of rotatable bonds is 8. The summed E-state index contributed by atoms with van der Waals surface area (Å²) in [5, 5.41) is 12.4. The van der Waals surface area contributed by atoms with E-state index in [1.54, 1.807) is 0 Å². The Morgan fingerprint density at radius 3 is 2.47 bits per heavy atom. The van der Waals surface area contributed by atoms with E-state index < -0.39 is 5.97 Å². The third-order valence-corrected chi connectivity index (χ3v) is 3.51. The third-order valence-electron chi connectivity index (χ3n) is 3.51. The van der Waals surface area contributed by atoms with Crippen LogP contribution in [0.3, 0.4) is 0 Å². The Morgan fingerprint density at radius 1 is 1.32 bits per heavy atom. The lowest BCUT2D eigenvalue weighted by molar-refractivity contribution is -0.137. The second-order valence-corrected chi connectivity index (χ2v) is 5.51. The summed E-state index contributed by atoms with van der Waals surface area (Å²) in [4.78, 5) is 10.9. The fourth-order valence-electron chi connectivity index (χ4n) is 2.40. The van der Waals surface area contributed by atoms with Crippen molar-refractivity contribution < 1.29 is 9.90 Å². The molecule has 0 saturated heterocycles. The average Bonchev–Trinajstić information content (AvgIpc) is 3.15. The minimum absolute atomic E-state index is 0.0574. The lowest BCUT2D eigenvalue weighted by Crippen LogP contribution is -2.35. The molecule has 1 fully saturated rings. The van der Waals surface area contributed by atoms with Gasteiger partial charge in [-0.1, -0.05) is 37.6 Å². The molecule has 1 atom stereocenters. The fourth-order valence-corrected chi connectivity index (χ4v) is 2.40. The van der Waals surface area contributed by atoms with Crippen molar-refractivity contribution >= 4 is 5.97 Å². The first-order valence-corrected chi connectivity index (χ1v) is 7.23. The molecule has 0 heterocycles. The molecule has 1 aliphatic rings. The number of aliphatic carboxylic acids is 1. The zero-order valence-electron chi connectivity index (χ0n) is 11.6. The summed E-state index contributed by atoms with van der Waals surface area (Å²) in [5.41, 5.74) is 2.58. The van der Waals surface area contributed by atoms with Crippen molar-refractivity contribution in [3.8, 4) is 0 Å². The third kappa shape index (κ3) is 5.03. The van der Waals surface area contributed by atoms with Crippen LogP contribution < -0.4 is 5.32 Å². The van der Waals surface area contributed by atoms with Crippen LogP contribution in [0.5, 0.6) is 0 Å². The molecule has 1 aromatic rings. The first-order valence-electron chi connectivity index (χ1n) is 7.23. The Balaban J connectivity index is 1.92. The maximum atomic E-state index is 10.9. The maximum absolute atomic E-state index is 10.9. The monoisotopic (exact) mass is 261 g/mol. The molecule has 0 radical (unpaired) electrons. The molecule has 0 aromatic heterocycles. The minimum Gasteiger partial charge on any atom is -0.481 e. The van der Waals surface area contributed by atoms with Gasteiger partial charge in [0.1, 0.15) is 0 Å². The van der Waals surface area contributed by atoms with E-state index in [0.29, 0.717) is 6.04 Å². The van der Waals surface area contributed by atoms with E-state index in [1.807, 2.05) is 0 Å². The molecule has 1 aromatic carbocycles. The summed E-state index contributed by atoms with van der Waals surface area (Å²) < 4.78 is 0. The van der Waals surface area contributed by atoms with Gasteiger partial charge in [-0.25, -0.2) is 0 Å². The molecule has 3 heteroatoms. The molecule has 0 bridgehead atoms. The van der Waals surface area contributed by atoms with Crippen LogP contribution in [0.4, 0.5) is 0 Å². The molecule has 0 aliphatic heterocycles. The van der Waals surface area contributed by atoms with Crippen molar-refractivity contribution in [2.45, 2.75) is 57.5 Å². The quantitative estimate of drug-likeness (QED) is 0.756. The number of aryl methyl sites for hydroxylation is 1. The topological polar surface area (TPSA) is 49.3 Å². The SMILES string of the molecule is CCCc1ccc(CC(CC(=O)O)NC2CC2)cc1. The van der Waals surface area contributed by atoms with Crippen LogP contribution in [0.1, 0.15) is 43.7 Å². The highest BCUT2D eigenvalue weighted by Gasteiger charge is 2.25. The molecule has 0 amide bonds. The highest BCUT2D eigenvalue weighted by molar-refractivity contribution is 5.67. The van der Waals surface area contributed by atoms with Gasteiger partial charge in [0.2, 0.25) is 0 Å². The van der Waals surface area contributed by atoms with Crippen molar-refractivity contribution in [3.63, 3.8) is 0 Å². The zero-order valence-corrected chi connectivity index (χ0v) is 11.6. The number of carboxylic acid groups (broad SMARTS) is 1. The molecule has 1 saturated carbocycles. The Kier molecular flexibility index (Phi) is 4.97. The van der Waals surface area contributed by atoms with Crippen LogP contribution in [0, 0.1) is 0 Å². The molecule has 3 nitrogen and oxygen atoms in total.